The summed E-state index contributed by atoms with van der Waals surface area (Å²) in [5.41, 5.74) is 4.35. The number of benzene rings is 2. The van der Waals surface area contributed by atoms with E-state index in [4.69, 9.17) is 28.9 Å². The van der Waals surface area contributed by atoms with Crippen LogP contribution in [0.2, 0.25) is 0 Å². The van der Waals surface area contributed by atoms with Crippen molar-refractivity contribution < 1.29 is 38.4 Å². The van der Waals surface area contributed by atoms with Crippen molar-refractivity contribution in [1.82, 2.24) is 35.7 Å². The second-order valence-corrected chi connectivity index (χ2v) is 18.6. The number of alkyl carbamates (subject to hydrolysis) is 2. The molecule has 0 bridgehead atoms. The Morgan fingerprint density at radius 3 is 2.45 bits per heavy atom. The Hall–Kier alpha value is -5.03. The molecule has 1 aliphatic carbocycles. The zero-order chi connectivity index (χ0) is 45.8. The maximum Gasteiger partial charge on any atom is 0.407 e. The van der Waals surface area contributed by atoms with Gasteiger partial charge in [0.15, 0.2) is 0 Å². The minimum absolute atomic E-state index is 0.0181. The van der Waals surface area contributed by atoms with Gasteiger partial charge in [0, 0.05) is 38.6 Å². The van der Waals surface area contributed by atoms with Crippen LogP contribution in [0, 0.1) is 23.7 Å². The van der Waals surface area contributed by atoms with E-state index < -0.39 is 36.6 Å². The Labute approximate surface area is 376 Å². The van der Waals surface area contributed by atoms with Crippen LogP contribution in [0.15, 0.2) is 59.1 Å². The molecule has 3 aliphatic heterocycles. The molecule has 5 N–H and O–H groups in total. The Morgan fingerprint density at radius 1 is 0.969 bits per heavy atom. The number of imidazole rings is 1. The Bertz CT molecular complexity index is 2240. The van der Waals surface area contributed by atoms with Gasteiger partial charge in [0.05, 0.1) is 68.7 Å². The number of aliphatic imine (C=N–C) groups is 1. The largest absolute Gasteiger partial charge is 0.453 e. The van der Waals surface area contributed by atoms with Crippen molar-refractivity contribution >= 4 is 45.7 Å². The third-order valence-electron chi connectivity index (χ3n) is 13.8. The number of fused-ring (bicyclic) bond motifs is 3. The van der Waals surface area contributed by atoms with Gasteiger partial charge >= 0.3 is 12.2 Å². The van der Waals surface area contributed by atoms with Crippen molar-refractivity contribution in [3.8, 4) is 0 Å². The van der Waals surface area contributed by atoms with Gasteiger partial charge in [-0.1, -0.05) is 70.2 Å². The topological polar surface area (TPSA) is 192 Å². The minimum Gasteiger partial charge on any atom is -0.453 e. The number of aromatic nitrogens is 2. The second-order valence-electron chi connectivity index (χ2n) is 18.6. The summed E-state index contributed by atoms with van der Waals surface area (Å²) in [6.07, 6.45) is 7.69. The van der Waals surface area contributed by atoms with Crippen LogP contribution in [0.4, 0.5) is 9.59 Å². The molecule has 2 fully saturated rings. The number of carbonyl (C=O) groups excluding carboxylic acids is 3. The lowest BCUT2D eigenvalue weighted by Crippen LogP contribution is -2.57. The van der Waals surface area contributed by atoms with Gasteiger partial charge in [0.2, 0.25) is 5.91 Å². The molecule has 64 heavy (non-hydrogen) atoms. The van der Waals surface area contributed by atoms with E-state index in [1.165, 1.54) is 25.4 Å². The summed E-state index contributed by atoms with van der Waals surface area (Å²) in [5, 5.41) is 23.1. The van der Waals surface area contributed by atoms with E-state index in [0.29, 0.717) is 44.5 Å². The number of methoxy groups -OCH3 is 4. The Kier molecular flexibility index (Phi) is 15.0. The van der Waals surface area contributed by atoms with E-state index in [0.717, 1.165) is 52.7 Å². The van der Waals surface area contributed by atoms with Crippen molar-refractivity contribution in [3.05, 3.63) is 65.5 Å². The molecular weight excluding hydrogens is 817 g/mol. The first-order valence-corrected chi connectivity index (χ1v) is 22.8. The van der Waals surface area contributed by atoms with Crippen LogP contribution < -0.4 is 16.0 Å². The number of H-pyrrole nitrogens is 1. The fourth-order valence-electron chi connectivity index (χ4n) is 10.1. The number of hydrogen-bond acceptors (Lipinski definition) is 12. The number of aliphatic hydroxyl groups is 1. The molecule has 16 nitrogen and oxygen atoms in total. The molecule has 348 valence electrons. The SMILES string of the molecule is COC[C@H]1C[C@@H](c2nc3c(ccc4cc([C@@H]5C=C(/C=C\[C@H]6CN=C([C@@H]7C[C@H](C)CN7C(=O)[C@@H](NC(=O)OC)C(C)C)N6)[C@H](C)CC5)ccc43)[nH]2)N([C@H](O)[C@@H](NC(=O)OC)[C@@H](C)OC)C1. The van der Waals surface area contributed by atoms with Crippen molar-refractivity contribution in [1.29, 1.82) is 0 Å². The lowest BCUT2D eigenvalue weighted by Gasteiger charge is -2.36. The van der Waals surface area contributed by atoms with Crippen molar-refractivity contribution in [2.45, 2.75) is 109 Å². The summed E-state index contributed by atoms with van der Waals surface area (Å²) in [4.78, 5) is 55.7. The van der Waals surface area contributed by atoms with Crippen molar-refractivity contribution in [2.75, 3.05) is 54.7 Å². The number of rotatable bonds is 15. The fraction of sp³-hybridized carbons (Fsp3) is 0.604. The van der Waals surface area contributed by atoms with Crippen LogP contribution in [-0.2, 0) is 23.7 Å². The molecule has 3 aromatic rings. The van der Waals surface area contributed by atoms with Crippen molar-refractivity contribution in [2.24, 2.45) is 28.7 Å². The van der Waals surface area contributed by atoms with Gasteiger partial charge < -0.3 is 49.9 Å². The van der Waals surface area contributed by atoms with Crippen LogP contribution >= 0.6 is 0 Å². The standard InChI is InChI=1S/C48H68N8O8/c1-26(2)40(53-47(59)63-8)45(57)55-23-27(3)18-38(55)43-49-22-35(50-43)15-12-31-20-32(11-10-28(31)4)33-13-16-36-34(21-33)14-17-37-42(36)52-44(51-37)39-19-30(25-61-6)24-56(39)46(58)41(29(5)62-7)54-48(60)64-9/h12-17,20-21,26-30,32,35,38-41,46,58H,10-11,18-19,22-25H2,1-9H3,(H,49,50)(H,51,52)(H,53,59)(H,54,60)/b15-12-/t27-,28+,29+,30-,32-,35-,38-,39-,40-,41-,46+/m0/s1. The lowest BCUT2D eigenvalue weighted by molar-refractivity contribution is -0.134. The monoisotopic (exact) mass is 885 g/mol. The molecule has 4 aliphatic rings. The third-order valence-corrected chi connectivity index (χ3v) is 13.8. The molecule has 0 unspecified atom stereocenters. The Balaban J connectivity index is 1.06. The van der Waals surface area contributed by atoms with Crippen LogP contribution in [0.5, 0.6) is 0 Å². The highest BCUT2D eigenvalue weighted by Gasteiger charge is 2.44. The summed E-state index contributed by atoms with van der Waals surface area (Å²) in [6, 6.07) is 9.08. The number of aliphatic hydroxyl groups excluding tert-OH is 1. The number of hydrogen-bond donors (Lipinski definition) is 5. The highest BCUT2D eigenvalue weighted by molar-refractivity contribution is 6.04. The summed E-state index contributed by atoms with van der Waals surface area (Å²) in [5.74, 6) is 2.49. The van der Waals surface area contributed by atoms with E-state index in [9.17, 15) is 19.5 Å². The second kappa shape index (κ2) is 20.4. The zero-order valence-corrected chi connectivity index (χ0v) is 38.8. The molecule has 16 heteroatoms. The fourth-order valence-corrected chi connectivity index (χ4v) is 10.1. The number of carbonyl (C=O) groups is 3. The molecule has 0 spiro atoms. The van der Waals surface area contributed by atoms with Gasteiger partial charge in [-0.05, 0) is 78.9 Å². The van der Waals surface area contributed by atoms with E-state index in [1.807, 2.05) is 23.6 Å². The van der Waals surface area contributed by atoms with Gasteiger partial charge in [-0.25, -0.2) is 14.6 Å². The average Bonchev–Trinajstić information content (AvgIpc) is 4.12. The van der Waals surface area contributed by atoms with E-state index in [2.05, 4.69) is 83.3 Å². The zero-order valence-electron chi connectivity index (χ0n) is 38.8. The van der Waals surface area contributed by atoms with Gasteiger partial charge in [0.25, 0.3) is 0 Å². The minimum atomic E-state index is -1.08. The van der Waals surface area contributed by atoms with Gasteiger partial charge in [0.1, 0.15) is 23.9 Å². The Morgan fingerprint density at radius 2 is 1.73 bits per heavy atom. The maximum absolute atomic E-state index is 13.8. The lowest BCUT2D eigenvalue weighted by atomic mass is 9.79. The molecule has 11 atom stereocenters. The number of amidine groups is 1. The predicted molar refractivity (Wildman–Crippen MR) is 246 cm³/mol. The van der Waals surface area contributed by atoms with Crippen LogP contribution in [0.1, 0.15) is 83.6 Å². The molecule has 0 radical (unpaired) electrons. The quantitative estimate of drug-likeness (QED) is 0.124. The summed E-state index contributed by atoms with van der Waals surface area (Å²) in [6.45, 7) is 12.4. The molecule has 2 saturated heterocycles. The summed E-state index contributed by atoms with van der Waals surface area (Å²) >= 11 is 0. The number of nitrogens with one attached hydrogen (secondary N) is 4. The van der Waals surface area contributed by atoms with E-state index in [1.54, 1.807) is 21.1 Å². The summed E-state index contributed by atoms with van der Waals surface area (Å²) < 4.78 is 20.8. The molecule has 2 aromatic carbocycles. The van der Waals surface area contributed by atoms with Crippen LogP contribution in [-0.4, -0.2) is 140 Å². The number of ether oxygens (including phenoxy) is 4. The van der Waals surface area contributed by atoms with Gasteiger partial charge in [-0.2, -0.15) is 0 Å². The van der Waals surface area contributed by atoms with E-state index >= 15 is 0 Å². The van der Waals surface area contributed by atoms with Crippen LogP contribution in [0.3, 0.4) is 0 Å². The normalized spacial score (nSPS) is 27.0. The number of allylic oxidation sites excluding steroid dienone is 3. The number of likely N-dealkylation sites (tertiary alicyclic amines) is 2. The molecule has 1 aromatic heterocycles. The smallest absolute Gasteiger partial charge is 0.407 e. The first-order chi connectivity index (χ1) is 30.7. The van der Waals surface area contributed by atoms with E-state index in [-0.39, 0.29) is 41.8 Å². The molecule has 4 heterocycles. The number of nitrogens with zero attached hydrogens (tertiary/aromatic N) is 4. The van der Waals surface area contributed by atoms with Crippen LogP contribution in [0.25, 0.3) is 21.8 Å². The third kappa shape index (κ3) is 10.1. The van der Waals surface area contributed by atoms with Crippen molar-refractivity contribution in [3.63, 3.8) is 0 Å². The highest BCUT2D eigenvalue weighted by atomic mass is 16.5. The number of aromatic amines is 1. The molecule has 7 rings (SSSR count). The molecular formula is C48H68N8O8. The maximum atomic E-state index is 13.8. The number of amides is 3. The first kappa shape index (κ1) is 46.9. The highest BCUT2D eigenvalue weighted by Crippen LogP contribution is 2.40. The summed E-state index contributed by atoms with van der Waals surface area (Å²) in [7, 11) is 5.83. The molecule has 3 amide bonds. The first-order valence-electron chi connectivity index (χ1n) is 22.8. The van der Waals surface area contributed by atoms with Gasteiger partial charge in [-0.15, -0.1) is 0 Å². The molecule has 0 saturated carbocycles. The predicted octanol–water partition coefficient (Wildman–Crippen LogP) is 5.79. The van der Waals surface area contributed by atoms with Gasteiger partial charge in [-0.3, -0.25) is 14.7 Å². The average molecular weight is 885 g/mol.